The quantitative estimate of drug-likeness (QED) is 0.348. The highest BCUT2D eigenvalue weighted by molar-refractivity contribution is 9.10. The van der Waals surface area contributed by atoms with Crippen LogP contribution in [-0.4, -0.2) is 36.8 Å². The van der Waals surface area contributed by atoms with Crippen molar-refractivity contribution in [3.05, 3.63) is 57.6 Å². The molecule has 2 amide bonds. The first-order valence-corrected chi connectivity index (χ1v) is 11.7. The third-order valence-corrected chi connectivity index (χ3v) is 5.21. The van der Waals surface area contributed by atoms with E-state index in [4.69, 9.17) is 9.47 Å². The molecule has 0 aliphatic rings. The molecule has 33 heavy (non-hydrogen) atoms. The molecule has 0 bridgehead atoms. The van der Waals surface area contributed by atoms with Gasteiger partial charge in [-0.05, 0) is 79.4 Å². The number of hydrogen-bond acceptors (Lipinski definition) is 5. The molecule has 0 saturated heterocycles. The van der Waals surface area contributed by atoms with Crippen LogP contribution >= 0.6 is 15.9 Å². The number of carbonyl (C=O) groups excluding carboxylic acids is 2. The van der Waals surface area contributed by atoms with Crippen LogP contribution in [-0.2, 0) is 4.79 Å². The predicted octanol–water partition coefficient (Wildman–Crippen LogP) is 4.85. The number of nitrogens with zero attached hydrogens (tertiary/aromatic N) is 1. The molecular weight excluding hydrogens is 486 g/mol. The van der Waals surface area contributed by atoms with E-state index in [2.05, 4.69) is 31.8 Å². The summed E-state index contributed by atoms with van der Waals surface area (Å²) in [6.07, 6.45) is 1.51. The SMILES string of the molecule is CCOc1cc(C=NNC(=O)C(NC(=O)c2ccc(C)cc2)C(C)C)cc(Br)c1OC(C)C. The maximum Gasteiger partial charge on any atom is 0.262 e. The van der Waals surface area contributed by atoms with Crippen molar-refractivity contribution in [1.29, 1.82) is 0 Å². The second kappa shape index (κ2) is 12.4. The highest BCUT2D eigenvalue weighted by Crippen LogP contribution is 2.37. The van der Waals surface area contributed by atoms with E-state index in [0.29, 0.717) is 29.2 Å². The number of hydrogen-bond donors (Lipinski definition) is 2. The number of halogens is 1. The van der Waals surface area contributed by atoms with Gasteiger partial charge in [-0.15, -0.1) is 0 Å². The lowest BCUT2D eigenvalue weighted by Crippen LogP contribution is -2.48. The summed E-state index contributed by atoms with van der Waals surface area (Å²) in [6.45, 7) is 11.9. The summed E-state index contributed by atoms with van der Waals surface area (Å²) in [5.74, 6) is 0.371. The zero-order chi connectivity index (χ0) is 24.5. The lowest BCUT2D eigenvalue weighted by molar-refractivity contribution is -0.123. The number of nitrogens with one attached hydrogen (secondary N) is 2. The van der Waals surface area contributed by atoms with E-state index in [0.717, 1.165) is 10.0 Å². The third kappa shape index (κ3) is 7.89. The van der Waals surface area contributed by atoms with Crippen LogP contribution in [0.1, 0.15) is 56.1 Å². The molecule has 178 valence electrons. The Morgan fingerprint density at radius 2 is 1.79 bits per heavy atom. The Morgan fingerprint density at radius 3 is 2.36 bits per heavy atom. The van der Waals surface area contributed by atoms with Crippen LogP contribution in [0.5, 0.6) is 11.5 Å². The molecule has 2 N–H and O–H groups in total. The van der Waals surface area contributed by atoms with Crippen molar-refractivity contribution in [3.63, 3.8) is 0 Å². The van der Waals surface area contributed by atoms with Crippen molar-refractivity contribution in [3.8, 4) is 11.5 Å². The van der Waals surface area contributed by atoms with Crippen molar-refractivity contribution in [2.75, 3.05) is 6.61 Å². The lowest BCUT2D eigenvalue weighted by Gasteiger charge is -2.20. The van der Waals surface area contributed by atoms with E-state index < -0.39 is 11.9 Å². The van der Waals surface area contributed by atoms with Crippen molar-refractivity contribution in [1.82, 2.24) is 10.7 Å². The summed E-state index contributed by atoms with van der Waals surface area (Å²) in [5, 5.41) is 6.87. The molecule has 2 rings (SSSR count). The molecule has 0 spiro atoms. The summed E-state index contributed by atoms with van der Waals surface area (Å²) >= 11 is 3.51. The summed E-state index contributed by atoms with van der Waals surface area (Å²) in [4.78, 5) is 25.3. The number of hydrazone groups is 1. The Balaban J connectivity index is 2.11. The van der Waals surface area contributed by atoms with Crippen molar-refractivity contribution >= 4 is 34.0 Å². The molecule has 0 radical (unpaired) electrons. The van der Waals surface area contributed by atoms with Crippen LogP contribution in [0.15, 0.2) is 46.0 Å². The number of benzene rings is 2. The second-order valence-corrected chi connectivity index (χ2v) is 9.08. The Kier molecular flexibility index (Phi) is 9.91. The molecule has 2 aromatic rings. The molecule has 1 atom stereocenters. The Bertz CT molecular complexity index is 988. The van der Waals surface area contributed by atoms with Gasteiger partial charge in [0.25, 0.3) is 11.8 Å². The Hall–Kier alpha value is -2.87. The molecule has 0 fully saturated rings. The average molecular weight is 518 g/mol. The van der Waals surface area contributed by atoms with Gasteiger partial charge in [-0.3, -0.25) is 9.59 Å². The number of rotatable bonds is 10. The van der Waals surface area contributed by atoms with Crippen molar-refractivity contribution < 1.29 is 19.1 Å². The molecular formula is C25H32BrN3O4. The zero-order valence-corrected chi connectivity index (χ0v) is 21.5. The minimum Gasteiger partial charge on any atom is -0.490 e. The minimum atomic E-state index is -0.733. The van der Waals surface area contributed by atoms with Gasteiger partial charge in [-0.25, -0.2) is 5.43 Å². The van der Waals surface area contributed by atoms with Gasteiger partial charge < -0.3 is 14.8 Å². The predicted molar refractivity (Wildman–Crippen MR) is 134 cm³/mol. The van der Waals surface area contributed by atoms with E-state index >= 15 is 0 Å². The fourth-order valence-corrected chi connectivity index (χ4v) is 3.53. The van der Waals surface area contributed by atoms with Gasteiger partial charge in [-0.1, -0.05) is 31.5 Å². The molecule has 0 aliphatic carbocycles. The van der Waals surface area contributed by atoms with E-state index in [9.17, 15) is 9.59 Å². The van der Waals surface area contributed by atoms with Crippen LogP contribution < -0.4 is 20.2 Å². The van der Waals surface area contributed by atoms with Crippen molar-refractivity contribution in [2.45, 2.75) is 53.7 Å². The third-order valence-electron chi connectivity index (χ3n) is 4.62. The lowest BCUT2D eigenvalue weighted by atomic mass is 10.0. The largest absolute Gasteiger partial charge is 0.490 e. The first-order chi connectivity index (χ1) is 15.6. The van der Waals surface area contributed by atoms with E-state index in [-0.39, 0.29) is 17.9 Å². The monoisotopic (exact) mass is 517 g/mol. The maximum absolute atomic E-state index is 12.7. The highest BCUT2D eigenvalue weighted by Gasteiger charge is 2.24. The van der Waals surface area contributed by atoms with Crippen molar-refractivity contribution in [2.24, 2.45) is 11.0 Å². The van der Waals surface area contributed by atoms with Gasteiger partial charge in [0, 0.05) is 5.56 Å². The molecule has 7 nitrogen and oxygen atoms in total. The van der Waals surface area contributed by atoms with Gasteiger partial charge in [0.1, 0.15) is 6.04 Å². The van der Waals surface area contributed by atoms with Gasteiger partial charge in [0.2, 0.25) is 0 Å². The number of ether oxygens (including phenoxy) is 2. The number of amides is 2. The van der Waals surface area contributed by atoms with E-state index in [1.54, 1.807) is 18.2 Å². The smallest absolute Gasteiger partial charge is 0.262 e. The zero-order valence-electron chi connectivity index (χ0n) is 19.9. The molecule has 0 saturated carbocycles. The first-order valence-electron chi connectivity index (χ1n) is 11.0. The van der Waals surface area contributed by atoms with Crippen LogP contribution in [0.25, 0.3) is 0 Å². The molecule has 0 aromatic heterocycles. The van der Waals surface area contributed by atoms with Crippen LogP contribution in [0.4, 0.5) is 0 Å². The summed E-state index contributed by atoms with van der Waals surface area (Å²) < 4.78 is 12.3. The van der Waals surface area contributed by atoms with E-state index in [1.165, 1.54) is 6.21 Å². The summed E-state index contributed by atoms with van der Waals surface area (Å²) in [6, 6.07) is 10.1. The second-order valence-electron chi connectivity index (χ2n) is 8.23. The summed E-state index contributed by atoms with van der Waals surface area (Å²) in [5.41, 5.74) is 4.80. The van der Waals surface area contributed by atoms with Gasteiger partial charge in [0.15, 0.2) is 11.5 Å². The molecule has 0 heterocycles. The summed E-state index contributed by atoms with van der Waals surface area (Å²) in [7, 11) is 0. The Morgan fingerprint density at radius 1 is 1.12 bits per heavy atom. The van der Waals surface area contributed by atoms with Gasteiger partial charge in [0.05, 0.1) is 23.4 Å². The highest BCUT2D eigenvalue weighted by atomic mass is 79.9. The first kappa shape index (κ1) is 26.4. The maximum atomic E-state index is 12.7. The standard InChI is InChI=1S/C25H32BrN3O4/c1-7-32-21-13-18(12-20(26)23(21)33-16(4)5)14-27-29-25(31)22(15(2)3)28-24(30)19-10-8-17(6)9-11-19/h8-16,22H,7H2,1-6H3,(H,28,30)(H,29,31). The van der Waals surface area contributed by atoms with Gasteiger partial charge >= 0.3 is 0 Å². The normalized spacial score (nSPS) is 12.2. The number of carbonyl (C=O) groups is 2. The molecule has 0 aliphatic heterocycles. The average Bonchev–Trinajstić information content (AvgIpc) is 2.74. The minimum absolute atomic E-state index is 0.0117. The van der Waals surface area contributed by atoms with Crippen LogP contribution in [0.3, 0.4) is 0 Å². The molecule has 2 aromatic carbocycles. The van der Waals surface area contributed by atoms with E-state index in [1.807, 2.05) is 59.7 Å². The topological polar surface area (TPSA) is 89.0 Å². The Labute approximate surface area is 204 Å². The fourth-order valence-electron chi connectivity index (χ4n) is 2.98. The van der Waals surface area contributed by atoms with Crippen LogP contribution in [0, 0.1) is 12.8 Å². The fraction of sp³-hybridized carbons (Fsp3) is 0.400. The number of aryl methyl sites for hydroxylation is 1. The molecule has 1 unspecified atom stereocenters. The molecule has 8 heteroatoms. The van der Waals surface area contributed by atoms with Gasteiger partial charge in [-0.2, -0.15) is 5.10 Å². The van der Waals surface area contributed by atoms with Crippen LogP contribution in [0.2, 0.25) is 0 Å².